The quantitative estimate of drug-likeness (QED) is 0.650. The van der Waals surface area contributed by atoms with Crippen LogP contribution in [0.1, 0.15) is 27.6 Å². The molecule has 0 aliphatic heterocycles. The van der Waals surface area contributed by atoms with Gasteiger partial charge in [0, 0.05) is 18.0 Å². The number of nitrogens with one attached hydrogen (secondary N) is 2. The highest BCUT2D eigenvalue weighted by Gasteiger charge is 2.19. The van der Waals surface area contributed by atoms with E-state index in [1.165, 1.54) is 31.5 Å². The van der Waals surface area contributed by atoms with E-state index in [0.29, 0.717) is 5.56 Å². The van der Waals surface area contributed by atoms with Gasteiger partial charge in [-0.3, -0.25) is 25.4 Å². The summed E-state index contributed by atoms with van der Waals surface area (Å²) >= 11 is 0. The van der Waals surface area contributed by atoms with Crippen molar-refractivity contribution in [3.05, 3.63) is 66.0 Å². The fourth-order valence-corrected chi connectivity index (χ4v) is 1.65. The fraction of sp³-hybridized carbons (Fsp3) is 0.125. The van der Waals surface area contributed by atoms with E-state index in [2.05, 4.69) is 15.8 Å². The van der Waals surface area contributed by atoms with Crippen molar-refractivity contribution in [2.75, 3.05) is 0 Å². The van der Waals surface area contributed by atoms with Gasteiger partial charge in [0.1, 0.15) is 0 Å². The van der Waals surface area contributed by atoms with Gasteiger partial charge in [-0.2, -0.15) is 0 Å². The molecule has 1 heterocycles. The Morgan fingerprint density at radius 2 is 1.61 bits per heavy atom. The maximum atomic E-state index is 11.8. The zero-order valence-electron chi connectivity index (χ0n) is 12.4. The largest absolute Gasteiger partial charge is 0.449 e. The second-order valence-electron chi connectivity index (χ2n) is 4.59. The predicted molar refractivity (Wildman–Crippen MR) is 81.2 cm³/mol. The summed E-state index contributed by atoms with van der Waals surface area (Å²) in [6.45, 7) is 1.41. The highest BCUT2D eigenvalue weighted by Crippen LogP contribution is 2.03. The van der Waals surface area contributed by atoms with Crippen LogP contribution in [0.2, 0.25) is 0 Å². The normalized spacial score (nSPS) is 11.2. The van der Waals surface area contributed by atoms with Crippen LogP contribution in [0.15, 0.2) is 54.9 Å². The van der Waals surface area contributed by atoms with E-state index in [9.17, 15) is 14.4 Å². The molecular formula is C16H15N3O4. The Hall–Kier alpha value is -3.22. The average Bonchev–Trinajstić information content (AvgIpc) is 2.60. The number of benzene rings is 1. The van der Waals surface area contributed by atoms with Crippen LogP contribution in [0.4, 0.5) is 0 Å². The van der Waals surface area contributed by atoms with E-state index in [1.54, 1.807) is 30.3 Å². The van der Waals surface area contributed by atoms with Gasteiger partial charge in [-0.15, -0.1) is 0 Å². The first-order chi connectivity index (χ1) is 11.1. The Morgan fingerprint density at radius 1 is 0.957 bits per heavy atom. The molecular weight excluding hydrogens is 298 g/mol. The van der Waals surface area contributed by atoms with E-state index in [1.807, 2.05) is 0 Å². The summed E-state index contributed by atoms with van der Waals surface area (Å²) in [6.07, 6.45) is 1.83. The molecule has 0 radical (unpaired) electrons. The Morgan fingerprint density at radius 3 is 2.26 bits per heavy atom. The Labute approximate surface area is 132 Å². The summed E-state index contributed by atoms with van der Waals surface area (Å²) in [5, 5.41) is 0. The lowest BCUT2D eigenvalue weighted by Gasteiger charge is -2.14. The first-order valence-corrected chi connectivity index (χ1v) is 6.84. The third-order valence-corrected chi connectivity index (χ3v) is 2.90. The van der Waals surface area contributed by atoms with Gasteiger partial charge in [-0.25, -0.2) is 4.79 Å². The van der Waals surface area contributed by atoms with Crippen LogP contribution in [0.25, 0.3) is 0 Å². The van der Waals surface area contributed by atoms with Crippen molar-refractivity contribution in [3.63, 3.8) is 0 Å². The summed E-state index contributed by atoms with van der Waals surface area (Å²) in [6, 6.07) is 11.3. The molecule has 1 aromatic heterocycles. The van der Waals surface area contributed by atoms with Crippen LogP contribution in [0.5, 0.6) is 0 Å². The number of carbonyl (C=O) groups is 3. The number of rotatable bonds is 4. The molecule has 0 unspecified atom stereocenters. The average molecular weight is 313 g/mol. The highest BCUT2D eigenvalue weighted by molar-refractivity contribution is 5.96. The number of pyridine rings is 1. The summed E-state index contributed by atoms with van der Waals surface area (Å²) in [4.78, 5) is 39.2. The van der Waals surface area contributed by atoms with Crippen molar-refractivity contribution in [2.24, 2.45) is 0 Å². The molecule has 0 saturated carbocycles. The standard InChI is InChI=1S/C16H15N3O4/c1-11(23-16(22)13-7-9-17-10-8-13)14(20)18-19-15(21)12-5-3-2-4-6-12/h2-11H,1H3,(H,18,20)(H,19,21)/t11-/m1/s1. The number of hydrazine groups is 1. The van der Waals surface area contributed by atoms with E-state index in [0.717, 1.165) is 0 Å². The first kappa shape index (κ1) is 16.2. The number of aromatic nitrogens is 1. The van der Waals surface area contributed by atoms with Crippen molar-refractivity contribution >= 4 is 17.8 Å². The molecule has 118 valence electrons. The maximum Gasteiger partial charge on any atom is 0.339 e. The minimum atomic E-state index is -1.06. The Bertz CT molecular complexity index is 689. The SMILES string of the molecule is C[C@@H](OC(=O)c1ccncc1)C(=O)NNC(=O)c1ccccc1. The molecule has 23 heavy (non-hydrogen) atoms. The second kappa shape index (κ2) is 7.69. The van der Waals surface area contributed by atoms with E-state index < -0.39 is 23.9 Å². The van der Waals surface area contributed by atoms with Gasteiger partial charge in [-0.05, 0) is 31.2 Å². The number of carbonyl (C=O) groups excluding carboxylic acids is 3. The Kier molecular flexibility index (Phi) is 5.40. The van der Waals surface area contributed by atoms with Crippen molar-refractivity contribution in [1.82, 2.24) is 15.8 Å². The highest BCUT2D eigenvalue weighted by atomic mass is 16.5. The summed E-state index contributed by atoms with van der Waals surface area (Å²) < 4.78 is 5.01. The van der Waals surface area contributed by atoms with Crippen LogP contribution in [0.3, 0.4) is 0 Å². The summed E-state index contributed by atoms with van der Waals surface area (Å²) in [5.74, 6) is -1.76. The Balaban J connectivity index is 1.83. The third kappa shape index (κ3) is 4.63. The molecule has 7 nitrogen and oxygen atoms in total. The van der Waals surface area contributed by atoms with Gasteiger partial charge in [0.2, 0.25) is 0 Å². The third-order valence-electron chi connectivity index (χ3n) is 2.90. The van der Waals surface area contributed by atoms with Gasteiger partial charge in [0.15, 0.2) is 6.10 Å². The molecule has 0 spiro atoms. The molecule has 0 aliphatic rings. The van der Waals surface area contributed by atoms with Crippen LogP contribution in [0, 0.1) is 0 Å². The van der Waals surface area contributed by atoms with E-state index in [-0.39, 0.29) is 5.56 Å². The van der Waals surface area contributed by atoms with Gasteiger partial charge >= 0.3 is 5.97 Å². The monoisotopic (exact) mass is 313 g/mol. The number of hydrogen-bond donors (Lipinski definition) is 2. The minimum Gasteiger partial charge on any atom is -0.449 e. The molecule has 2 aromatic rings. The second-order valence-corrected chi connectivity index (χ2v) is 4.59. The first-order valence-electron chi connectivity index (χ1n) is 6.84. The molecule has 0 saturated heterocycles. The van der Waals surface area contributed by atoms with E-state index in [4.69, 9.17) is 4.74 Å². The number of nitrogens with zero attached hydrogens (tertiary/aromatic N) is 1. The van der Waals surface area contributed by atoms with Crippen molar-refractivity contribution in [2.45, 2.75) is 13.0 Å². The number of ether oxygens (including phenoxy) is 1. The van der Waals surface area contributed by atoms with Gasteiger partial charge in [0.25, 0.3) is 11.8 Å². The molecule has 2 N–H and O–H groups in total. The smallest absolute Gasteiger partial charge is 0.339 e. The number of amides is 2. The molecule has 0 aliphatic carbocycles. The van der Waals surface area contributed by atoms with Gasteiger partial charge < -0.3 is 4.74 Å². The minimum absolute atomic E-state index is 0.285. The maximum absolute atomic E-state index is 11.8. The summed E-state index contributed by atoms with van der Waals surface area (Å²) in [5.41, 5.74) is 5.14. The lowest BCUT2D eigenvalue weighted by atomic mass is 10.2. The summed E-state index contributed by atoms with van der Waals surface area (Å²) in [7, 11) is 0. The molecule has 2 rings (SSSR count). The molecule has 1 atom stereocenters. The van der Waals surface area contributed by atoms with Crippen molar-refractivity contribution in [3.8, 4) is 0 Å². The van der Waals surface area contributed by atoms with E-state index >= 15 is 0 Å². The number of hydrogen-bond acceptors (Lipinski definition) is 5. The lowest BCUT2D eigenvalue weighted by Crippen LogP contribution is -2.46. The predicted octanol–water partition coefficient (Wildman–Crippen LogP) is 1.09. The van der Waals surface area contributed by atoms with Crippen molar-refractivity contribution < 1.29 is 19.1 Å². The zero-order valence-corrected chi connectivity index (χ0v) is 12.4. The van der Waals surface area contributed by atoms with Gasteiger partial charge in [-0.1, -0.05) is 18.2 Å². The topological polar surface area (TPSA) is 97.4 Å². The zero-order chi connectivity index (χ0) is 16.7. The van der Waals surface area contributed by atoms with Crippen LogP contribution in [-0.2, 0) is 9.53 Å². The van der Waals surface area contributed by atoms with Crippen LogP contribution < -0.4 is 10.9 Å². The molecule has 0 fully saturated rings. The molecule has 7 heteroatoms. The molecule has 1 aromatic carbocycles. The van der Waals surface area contributed by atoms with Crippen LogP contribution in [-0.4, -0.2) is 28.9 Å². The number of esters is 1. The van der Waals surface area contributed by atoms with Crippen molar-refractivity contribution in [1.29, 1.82) is 0 Å². The molecule has 2 amide bonds. The van der Waals surface area contributed by atoms with Crippen LogP contribution >= 0.6 is 0 Å². The molecule has 0 bridgehead atoms. The fourth-order valence-electron chi connectivity index (χ4n) is 1.65. The lowest BCUT2D eigenvalue weighted by molar-refractivity contribution is -0.129. The van der Waals surface area contributed by atoms with Gasteiger partial charge in [0.05, 0.1) is 5.56 Å².